The lowest BCUT2D eigenvalue weighted by molar-refractivity contribution is 0.152. The highest BCUT2D eigenvalue weighted by atomic mass is 16.7. The molecule has 32 heavy (non-hydrogen) atoms. The second-order valence-corrected chi connectivity index (χ2v) is 6.90. The molecule has 160 valence electrons. The summed E-state index contributed by atoms with van der Waals surface area (Å²) in [6.07, 6.45) is -0.813. The molecule has 0 saturated heterocycles. The minimum atomic E-state index is -0.813. The molecule has 0 spiro atoms. The van der Waals surface area contributed by atoms with Gasteiger partial charge >= 0.3 is 6.16 Å². The maximum Gasteiger partial charge on any atom is 0.519 e. The van der Waals surface area contributed by atoms with Crippen molar-refractivity contribution < 1.29 is 23.7 Å². The van der Waals surface area contributed by atoms with Gasteiger partial charge < -0.3 is 18.9 Å². The number of carbonyl (C=O) groups excluding carboxylic acids is 1. The Balaban J connectivity index is 1.55. The Bertz CT molecular complexity index is 1100. The first-order valence-corrected chi connectivity index (χ1v) is 10.0. The number of hydrogen-bond acceptors (Lipinski definition) is 5. The summed E-state index contributed by atoms with van der Waals surface area (Å²) in [4.78, 5) is 12.7. The van der Waals surface area contributed by atoms with Crippen LogP contribution in [0.2, 0.25) is 0 Å². The van der Waals surface area contributed by atoms with Crippen molar-refractivity contribution in [2.45, 2.75) is 0 Å². The van der Waals surface area contributed by atoms with Crippen LogP contribution in [0.5, 0.6) is 23.0 Å². The van der Waals surface area contributed by atoms with Gasteiger partial charge in [0.15, 0.2) is 0 Å². The molecule has 5 heteroatoms. The summed E-state index contributed by atoms with van der Waals surface area (Å²) in [6.45, 7) is 0. The number of carbonyl (C=O) groups is 1. The van der Waals surface area contributed by atoms with E-state index < -0.39 is 6.16 Å². The van der Waals surface area contributed by atoms with E-state index in [4.69, 9.17) is 18.9 Å². The van der Waals surface area contributed by atoms with Crippen LogP contribution in [0.1, 0.15) is 0 Å². The highest BCUT2D eigenvalue weighted by molar-refractivity contribution is 5.78. The monoisotopic (exact) mass is 426 g/mol. The number of rotatable bonds is 6. The van der Waals surface area contributed by atoms with Crippen LogP contribution in [0.25, 0.3) is 22.3 Å². The largest absolute Gasteiger partial charge is 0.519 e. The summed E-state index contributed by atoms with van der Waals surface area (Å²) in [7, 11) is 3.23. The molecule has 0 atom stereocenters. The molecule has 0 heterocycles. The summed E-state index contributed by atoms with van der Waals surface area (Å²) in [5.41, 5.74) is 3.34. The number of ether oxygens (including phenoxy) is 4. The van der Waals surface area contributed by atoms with E-state index >= 15 is 0 Å². The molecule has 4 rings (SSSR count). The first-order valence-electron chi connectivity index (χ1n) is 10.0. The third kappa shape index (κ3) is 4.73. The fraction of sp³-hybridized carbons (Fsp3) is 0.0741. The zero-order chi connectivity index (χ0) is 22.3. The van der Waals surface area contributed by atoms with Gasteiger partial charge in [-0.05, 0) is 47.5 Å². The second kappa shape index (κ2) is 9.71. The van der Waals surface area contributed by atoms with Crippen LogP contribution in [0, 0.1) is 0 Å². The molecule has 0 fully saturated rings. The minimum absolute atomic E-state index is 0.407. The maximum absolute atomic E-state index is 12.7. The number of methoxy groups -OCH3 is 2. The Kier molecular flexibility index (Phi) is 6.37. The molecule has 4 aromatic carbocycles. The van der Waals surface area contributed by atoms with Crippen molar-refractivity contribution in [1.82, 2.24) is 0 Å². The molecular weight excluding hydrogens is 404 g/mol. The van der Waals surface area contributed by atoms with E-state index in [2.05, 4.69) is 0 Å². The molecule has 0 aliphatic carbocycles. The third-order valence-electron chi connectivity index (χ3n) is 4.96. The van der Waals surface area contributed by atoms with Gasteiger partial charge in [0.1, 0.15) is 23.0 Å². The summed E-state index contributed by atoms with van der Waals surface area (Å²) in [5.74, 6) is 2.32. The molecule has 0 aliphatic rings. The lowest BCUT2D eigenvalue weighted by Crippen LogP contribution is -2.14. The van der Waals surface area contributed by atoms with Crippen molar-refractivity contribution in [3.05, 3.63) is 97.1 Å². The summed E-state index contributed by atoms with van der Waals surface area (Å²) in [6, 6.07) is 29.7. The highest BCUT2D eigenvalue weighted by Gasteiger charge is 2.15. The van der Waals surface area contributed by atoms with Gasteiger partial charge in [0.2, 0.25) is 0 Å². The van der Waals surface area contributed by atoms with Crippen molar-refractivity contribution in [3.8, 4) is 45.3 Å². The van der Waals surface area contributed by atoms with Crippen LogP contribution < -0.4 is 18.9 Å². The molecule has 0 saturated carbocycles. The first-order chi connectivity index (χ1) is 15.7. The average Bonchev–Trinajstić information content (AvgIpc) is 2.85. The Morgan fingerprint density at radius 2 is 0.906 bits per heavy atom. The van der Waals surface area contributed by atoms with Gasteiger partial charge in [0.05, 0.1) is 14.2 Å². The van der Waals surface area contributed by atoms with Crippen LogP contribution in [-0.4, -0.2) is 20.4 Å². The fourth-order valence-electron chi connectivity index (χ4n) is 3.33. The van der Waals surface area contributed by atoms with Gasteiger partial charge in [-0.3, -0.25) is 0 Å². The van der Waals surface area contributed by atoms with Gasteiger partial charge in [-0.25, -0.2) is 4.79 Å². The van der Waals surface area contributed by atoms with Crippen molar-refractivity contribution in [1.29, 1.82) is 0 Å². The zero-order valence-corrected chi connectivity index (χ0v) is 17.8. The third-order valence-corrected chi connectivity index (χ3v) is 4.96. The Hall–Kier alpha value is -4.25. The van der Waals surface area contributed by atoms with Crippen LogP contribution in [0.15, 0.2) is 97.1 Å². The SMILES string of the molecule is COc1ccc(-c2ccccc2OC(=O)Oc2ccccc2-c2ccc(OC)cc2)cc1. The van der Waals surface area contributed by atoms with Crippen molar-refractivity contribution in [3.63, 3.8) is 0 Å². The molecule has 0 aliphatic heterocycles. The maximum atomic E-state index is 12.7. The van der Waals surface area contributed by atoms with E-state index in [-0.39, 0.29) is 0 Å². The van der Waals surface area contributed by atoms with E-state index in [1.165, 1.54) is 0 Å². The quantitative estimate of drug-likeness (QED) is 0.256. The predicted octanol–water partition coefficient (Wildman–Crippen LogP) is 6.62. The van der Waals surface area contributed by atoms with E-state index in [9.17, 15) is 4.79 Å². The van der Waals surface area contributed by atoms with Crippen LogP contribution >= 0.6 is 0 Å². The number of benzene rings is 4. The Labute approximate surface area is 186 Å². The van der Waals surface area contributed by atoms with E-state index in [0.29, 0.717) is 11.5 Å². The molecule has 0 radical (unpaired) electrons. The molecular formula is C27H22O5. The average molecular weight is 426 g/mol. The van der Waals surface area contributed by atoms with Crippen LogP contribution in [0.3, 0.4) is 0 Å². The molecule has 5 nitrogen and oxygen atoms in total. The summed E-state index contributed by atoms with van der Waals surface area (Å²) >= 11 is 0. The molecule has 0 bridgehead atoms. The lowest BCUT2D eigenvalue weighted by atomic mass is 10.0. The second-order valence-electron chi connectivity index (χ2n) is 6.90. The zero-order valence-electron chi connectivity index (χ0n) is 17.8. The van der Waals surface area contributed by atoms with Crippen molar-refractivity contribution in [2.24, 2.45) is 0 Å². The highest BCUT2D eigenvalue weighted by Crippen LogP contribution is 2.33. The number of hydrogen-bond donors (Lipinski definition) is 0. The Morgan fingerprint density at radius 3 is 1.28 bits per heavy atom. The fourth-order valence-corrected chi connectivity index (χ4v) is 3.33. The van der Waals surface area contributed by atoms with Gasteiger partial charge in [0.25, 0.3) is 0 Å². The van der Waals surface area contributed by atoms with E-state index in [0.717, 1.165) is 33.8 Å². The van der Waals surface area contributed by atoms with Gasteiger partial charge in [0, 0.05) is 11.1 Å². The van der Waals surface area contributed by atoms with Gasteiger partial charge in [-0.1, -0.05) is 60.7 Å². The van der Waals surface area contributed by atoms with E-state index in [1.807, 2.05) is 72.8 Å². The van der Waals surface area contributed by atoms with Crippen molar-refractivity contribution >= 4 is 6.16 Å². The van der Waals surface area contributed by atoms with Crippen LogP contribution in [0.4, 0.5) is 4.79 Å². The van der Waals surface area contributed by atoms with Gasteiger partial charge in [-0.15, -0.1) is 0 Å². The normalized spacial score (nSPS) is 10.3. The molecule has 0 amide bonds. The summed E-state index contributed by atoms with van der Waals surface area (Å²) in [5, 5.41) is 0. The standard InChI is InChI=1S/C27H22O5/c1-29-21-15-11-19(12-16-21)23-7-3-5-9-25(23)31-27(28)32-26-10-6-4-8-24(26)20-13-17-22(30-2)18-14-20/h3-18H,1-2H3. The summed E-state index contributed by atoms with van der Waals surface area (Å²) < 4.78 is 21.6. The number of para-hydroxylation sites is 2. The molecule has 0 unspecified atom stereocenters. The van der Waals surface area contributed by atoms with Crippen molar-refractivity contribution in [2.75, 3.05) is 14.2 Å². The smallest absolute Gasteiger partial charge is 0.497 e. The van der Waals surface area contributed by atoms with Crippen LogP contribution in [-0.2, 0) is 0 Å². The molecule has 0 N–H and O–H groups in total. The lowest BCUT2D eigenvalue weighted by Gasteiger charge is -2.13. The molecule has 0 aromatic heterocycles. The van der Waals surface area contributed by atoms with Gasteiger partial charge in [-0.2, -0.15) is 0 Å². The first kappa shape index (κ1) is 21.0. The Morgan fingerprint density at radius 1 is 0.531 bits per heavy atom. The minimum Gasteiger partial charge on any atom is -0.497 e. The van der Waals surface area contributed by atoms with E-state index in [1.54, 1.807) is 38.5 Å². The topological polar surface area (TPSA) is 54.0 Å². The molecule has 4 aromatic rings. The predicted molar refractivity (Wildman–Crippen MR) is 124 cm³/mol.